The second-order valence-electron chi connectivity index (χ2n) is 5.03. The van der Waals surface area contributed by atoms with Crippen molar-refractivity contribution in [1.29, 1.82) is 0 Å². The second-order valence-corrected chi connectivity index (χ2v) is 7.01. The molecule has 2 N–H and O–H groups in total. The highest BCUT2D eigenvalue weighted by Gasteiger charge is 2.14. The number of carbonyl (C=O) groups excluding carboxylic acids is 1. The molecule has 0 unspecified atom stereocenters. The highest BCUT2D eigenvalue weighted by atomic mass is 32.2. The summed E-state index contributed by atoms with van der Waals surface area (Å²) in [4.78, 5) is 11.9. The van der Waals surface area contributed by atoms with Crippen LogP contribution in [-0.4, -0.2) is 33.2 Å². The molecule has 0 atom stereocenters. The van der Waals surface area contributed by atoms with Gasteiger partial charge in [-0.2, -0.15) is 0 Å². The summed E-state index contributed by atoms with van der Waals surface area (Å²) in [6.07, 6.45) is 2.20. The van der Waals surface area contributed by atoms with E-state index in [9.17, 15) is 13.2 Å². The maximum Gasteiger partial charge on any atom is 0.224 e. The molecular formula is C14H22N2O3S. The average molecular weight is 298 g/mol. The Morgan fingerprint density at radius 3 is 2.50 bits per heavy atom. The van der Waals surface area contributed by atoms with Gasteiger partial charge in [-0.05, 0) is 25.1 Å². The molecule has 0 aliphatic heterocycles. The van der Waals surface area contributed by atoms with Crippen LogP contribution in [0.15, 0.2) is 29.2 Å². The van der Waals surface area contributed by atoms with Crippen molar-refractivity contribution in [3.8, 4) is 0 Å². The number of rotatable bonds is 7. The Labute approximate surface area is 120 Å². The summed E-state index contributed by atoms with van der Waals surface area (Å²) in [7, 11) is -3.34. The fourth-order valence-corrected chi connectivity index (χ4v) is 2.59. The number of hydrogen-bond acceptors (Lipinski definition) is 4. The van der Waals surface area contributed by atoms with E-state index < -0.39 is 9.84 Å². The Balaban J connectivity index is 2.59. The first kappa shape index (κ1) is 16.7. The van der Waals surface area contributed by atoms with E-state index in [4.69, 9.17) is 0 Å². The van der Waals surface area contributed by atoms with Gasteiger partial charge in [0.05, 0.1) is 10.6 Å². The van der Waals surface area contributed by atoms with Gasteiger partial charge in [-0.25, -0.2) is 8.42 Å². The summed E-state index contributed by atoms with van der Waals surface area (Å²) in [5.41, 5.74) is 0.344. The van der Waals surface area contributed by atoms with E-state index in [-0.39, 0.29) is 10.8 Å². The minimum absolute atomic E-state index is 0.147. The first-order valence-electron chi connectivity index (χ1n) is 6.63. The average Bonchev–Trinajstić information content (AvgIpc) is 2.34. The molecule has 0 saturated carbocycles. The third kappa shape index (κ3) is 5.71. The Bertz CT molecular complexity index is 553. The molecule has 0 bridgehead atoms. The zero-order valence-corrected chi connectivity index (χ0v) is 13.0. The lowest BCUT2D eigenvalue weighted by Crippen LogP contribution is -2.24. The number of sulfone groups is 1. The van der Waals surface area contributed by atoms with Crippen molar-refractivity contribution in [2.24, 2.45) is 0 Å². The molecule has 0 heterocycles. The van der Waals surface area contributed by atoms with E-state index in [1.54, 1.807) is 18.2 Å². The standard InChI is InChI=1S/C14H22N2O3S/c1-11(2)15-10-6-9-14(17)16-12-7-4-5-8-13(12)20(3,18)19/h4-5,7-8,11,15H,6,9-10H2,1-3H3,(H,16,17). The first-order valence-corrected chi connectivity index (χ1v) is 8.52. The Morgan fingerprint density at radius 1 is 1.25 bits per heavy atom. The molecule has 1 aromatic carbocycles. The molecule has 0 aliphatic carbocycles. The second kappa shape index (κ2) is 7.40. The number of hydrogen-bond donors (Lipinski definition) is 2. The van der Waals surface area contributed by atoms with Crippen molar-refractivity contribution >= 4 is 21.4 Å². The first-order chi connectivity index (χ1) is 9.30. The molecule has 1 amide bonds. The zero-order valence-electron chi connectivity index (χ0n) is 12.1. The molecule has 0 spiro atoms. The van der Waals surface area contributed by atoms with E-state index in [1.807, 2.05) is 13.8 Å². The topological polar surface area (TPSA) is 75.3 Å². The van der Waals surface area contributed by atoms with Crippen LogP contribution < -0.4 is 10.6 Å². The molecule has 1 rings (SSSR count). The maximum atomic E-state index is 11.8. The van der Waals surface area contributed by atoms with Gasteiger partial charge in [-0.3, -0.25) is 4.79 Å². The quantitative estimate of drug-likeness (QED) is 0.753. The van der Waals surface area contributed by atoms with Crippen LogP contribution in [-0.2, 0) is 14.6 Å². The molecule has 6 heteroatoms. The number of amides is 1. The Hall–Kier alpha value is -1.40. The van der Waals surface area contributed by atoms with Crippen LogP contribution in [0.5, 0.6) is 0 Å². The number of benzene rings is 1. The highest BCUT2D eigenvalue weighted by molar-refractivity contribution is 7.90. The lowest BCUT2D eigenvalue weighted by atomic mass is 10.2. The van der Waals surface area contributed by atoms with Gasteiger partial charge in [-0.15, -0.1) is 0 Å². The number of nitrogens with one attached hydrogen (secondary N) is 2. The van der Waals surface area contributed by atoms with Gasteiger partial charge in [-0.1, -0.05) is 26.0 Å². The van der Waals surface area contributed by atoms with Crippen molar-refractivity contribution < 1.29 is 13.2 Å². The summed E-state index contributed by atoms with van der Waals surface area (Å²) in [5.74, 6) is -0.174. The van der Waals surface area contributed by atoms with Gasteiger partial charge < -0.3 is 10.6 Å². The number of carbonyl (C=O) groups is 1. The SMILES string of the molecule is CC(C)NCCCC(=O)Nc1ccccc1S(C)(=O)=O. The normalized spacial score (nSPS) is 11.6. The third-order valence-electron chi connectivity index (χ3n) is 2.69. The molecule has 0 fully saturated rings. The van der Waals surface area contributed by atoms with Crippen LogP contribution in [0, 0.1) is 0 Å². The Kier molecular flexibility index (Phi) is 6.16. The fraction of sp³-hybridized carbons (Fsp3) is 0.500. The molecule has 0 aromatic heterocycles. The molecule has 0 radical (unpaired) electrons. The molecule has 1 aromatic rings. The molecule has 0 saturated heterocycles. The molecule has 5 nitrogen and oxygen atoms in total. The van der Waals surface area contributed by atoms with E-state index >= 15 is 0 Å². The summed E-state index contributed by atoms with van der Waals surface area (Å²) < 4.78 is 23.2. The summed E-state index contributed by atoms with van der Waals surface area (Å²) in [5, 5.41) is 5.88. The van der Waals surface area contributed by atoms with E-state index in [0.717, 1.165) is 12.8 Å². The summed E-state index contributed by atoms with van der Waals surface area (Å²) in [6, 6.07) is 6.82. The molecule has 112 valence electrons. The van der Waals surface area contributed by atoms with Gasteiger partial charge >= 0.3 is 0 Å². The van der Waals surface area contributed by atoms with Crippen molar-refractivity contribution in [2.45, 2.75) is 37.6 Å². The zero-order chi connectivity index (χ0) is 15.2. The van der Waals surface area contributed by atoms with E-state index in [2.05, 4.69) is 10.6 Å². The van der Waals surface area contributed by atoms with Crippen molar-refractivity contribution in [3.63, 3.8) is 0 Å². The third-order valence-corrected chi connectivity index (χ3v) is 3.85. The number of anilines is 1. The summed E-state index contributed by atoms with van der Waals surface area (Å²) >= 11 is 0. The van der Waals surface area contributed by atoms with Crippen LogP contribution in [0.4, 0.5) is 5.69 Å². The van der Waals surface area contributed by atoms with Crippen molar-refractivity contribution in [2.75, 3.05) is 18.1 Å². The maximum absolute atomic E-state index is 11.8. The van der Waals surface area contributed by atoms with Crippen LogP contribution in [0.3, 0.4) is 0 Å². The molecule has 0 aliphatic rings. The predicted octanol–water partition coefficient (Wildman–Crippen LogP) is 1.81. The lowest BCUT2D eigenvalue weighted by molar-refractivity contribution is -0.116. The number of para-hydroxylation sites is 1. The highest BCUT2D eigenvalue weighted by Crippen LogP contribution is 2.20. The summed E-state index contributed by atoms with van der Waals surface area (Å²) in [6.45, 7) is 4.85. The minimum atomic E-state index is -3.34. The Morgan fingerprint density at radius 2 is 1.90 bits per heavy atom. The van der Waals surface area contributed by atoms with Gasteiger partial charge in [0.15, 0.2) is 9.84 Å². The van der Waals surface area contributed by atoms with Crippen LogP contribution >= 0.6 is 0 Å². The predicted molar refractivity (Wildman–Crippen MR) is 80.6 cm³/mol. The van der Waals surface area contributed by atoms with Crippen molar-refractivity contribution in [1.82, 2.24) is 5.32 Å². The lowest BCUT2D eigenvalue weighted by Gasteiger charge is -2.10. The van der Waals surface area contributed by atoms with Crippen LogP contribution in [0.2, 0.25) is 0 Å². The molecular weight excluding hydrogens is 276 g/mol. The minimum Gasteiger partial charge on any atom is -0.325 e. The van der Waals surface area contributed by atoms with Crippen LogP contribution in [0.25, 0.3) is 0 Å². The molecule has 20 heavy (non-hydrogen) atoms. The van der Waals surface area contributed by atoms with Gasteiger partial charge in [0.2, 0.25) is 5.91 Å². The fourth-order valence-electron chi connectivity index (χ4n) is 1.75. The van der Waals surface area contributed by atoms with Gasteiger partial charge in [0.1, 0.15) is 0 Å². The van der Waals surface area contributed by atoms with Gasteiger partial charge in [0.25, 0.3) is 0 Å². The van der Waals surface area contributed by atoms with E-state index in [0.29, 0.717) is 24.6 Å². The van der Waals surface area contributed by atoms with Gasteiger partial charge in [0, 0.05) is 18.7 Å². The monoisotopic (exact) mass is 298 g/mol. The largest absolute Gasteiger partial charge is 0.325 e. The van der Waals surface area contributed by atoms with Crippen molar-refractivity contribution in [3.05, 3.63) is 24.3 Å². The van der Waals surface area contributed by atoms with Crippen LogP contribution in [0.1, 0.15) is 26.7 Å². The smallest absolute Gasteiger partial charge is 0.224 e. The van der Waals surface area contributed by atoms with E-state index in [1.165, 1.54) is 6.07 Å².